The molecule has 17 heavy (non-hydrogen) atoms. The molecule has 2 aromatic rings. The van der Waals surface area contributed by atoms with E-state index in [9.17, 15) is 13.2 Å². The first-order chi connectivity index (χ1) is 7.97. The summed E-state index contributed by atoms with van der Waals surface area (Å²) in [5.41, 5.74) is 1.76. The number of hydrogen-bond donors (Lipinski definition) is 0. The van der Waals surface area contributed by atoms with Crippen LogP contribution in [-0.4, -0.2) is 15.2 Å². The van der Waals surface area contributed by atoms with Crippen molar-refractivity contribution in [2.24, 2.45) is 0 Å². The molecular weight excluding hydrogens is 231 g/mol. The maximum absolute atomic E-state index is 12.4. The van der Waals surface area contributed by atoms with Gasteiger partial charge in [-0.25, -0.2) is 4.98 Å². The zero-order valence-electron chi connectivity index (χ0n) is 8.86. The SMILES string of the molecule is Cc1ccc(-c2cnnc(C(F)(F)F)n2)cc1. The number of benzene rings is 1. The lowest BCUT2D eigenvalue weighted by molar-refractivity contribution is -0.145. The summed E-state index contributed by atoms with van der Waals surface area (Å²) in [4.78, 5) is 3.45. The van der Waals surface area contributed by atoms with Crippen LogP contribution in [-0.2, 0) is 6.18 Å². The van der Waals surface area contributed by atoms with Crippen molar-refractivity contribution in [2.45, 2.75) is 13.1 Å². The molecular formula is C11H8F3N3. The van der Waals surface area contributed by atoms with Crippen molar-refractivity contribution in [1.82, 2.24) is 15.2 Å². The summed E-state index contributed by atoms with van der Waals surface area (Å²) >= 11 is 0. The molecule has 0 aliphatic heterocycles. The van der Waals surface area contributed by atoms with Crippen LogP contribution in [0.2, 0.25) is 0 Å². The topological polar surface area (TPSA) is 38.7 Å². The van der Waals surface area contributed by atoms with Crippen molar-refractivity contribution in [3.63, 3.8) is 0 Å². The fraction of sp³-hybridized carbons (Fsp3) is 0.182. The molecule has 0 radical (unpaired) electrons. The Morgan fingerprint density at radius 3 is 2.29 bits per heavy atom. The van der Waals surface area contributed by atoms with Crippen LogP contribution in [0.4, 0.5) is 13.2 Å². The first kappa shape index (κ1) is 11.5. The Kier molecular flexibility index (Phi) is 2.79. The van der Waals surface area contributed by atoms with Gasteiger partial charge < -0.3 is 0 Å². The molecule has 0 saturated heterocycles. The van der Waals surface area contributed by atoms with Crippen molar-refractivity contribution in [1.29, 1.82) is 0 Å². The van der Waals surface area contributed by atoms with Gasteiger partial charge in [-0.2, -0.15) is 18.3 Å². The summed E-state index contributed by atoms with van der Waals surface area (Å²) in [5.74, 6) is -1.23. The number of alkyl halides is 3. The molecule has 0 N–H and O–H groups in total. The lowest BCUT2D eigenvalue weighted by Gasteiger charge is -2.05. The Morgan fingerprint density at radius 1 is 1.06 bits per heavy atom. The third-order valence-corrected chi connectivity index (χ3v) is 2.16. The summed E-state index contributed by atoms with van der Waals surface area (Å²) in [6.45, 7) is 1.89. The predicted octanol–water partition coefficient (Wildman–Crippen LogP) is 2.87. The highest BCUT2D eigenvalue weighted by Gasteiger charge is 2.35. The molecule has 0 saturated carbocycles. The van der Waals surface area contributed by atoms with Gasteiger partial charge in [-0.15, -0.1) is 5.10 Å². The first-order valence-corrected chi connectivity index (χ1v) is 4.81. The largest absolute Gasteiger partial charge is 0.453 e. The van der Waals surface area contributed by atoms with E-state index in [1.54, 1.807) is 24.3 Å². The molecule has 3 nitrogen and oxygen atoms in total. The van der Waals surface area contributed by atoms with E-state index in [1.807, 2.05) is 6.92 Å². The highest BCUT2D eigenvalue weighted by Crippen LogP contribution is 2.27. The smallest absolute Gasteiger partial charge is 0.221 e. The van der Waals surface area contributed by atoms with Gasteiger partial charge in [-0.05, 0) is 6.92 Å². The van der Waals surface area contributed by atoms with Gasteiger partial charge in [0, 0.05) is 5.56 Å². The van der Waals surface area contributed by atoms with E-state index in [-0.39, 0.29) is 5.69 Å². The van der Waals surface area contributed by atoms with Crippen molar-refractivity contribution in [2.75, 3.05) is 0 Å². The van der Waals surface area contributed by atoms with Crippen molar-refractivity contribution >= 4 is 0 Å². The van der Waals surface area contributed by atoms with Crippen molar-refractivity contribution < 1.29 is 13.2 Å². The van der Waals surface area contributed by atoms with E-state index in [4.69, 9.17) is 0 Å². The maximum atomic E-state index is 12.4. The van der Waals surface area contributed by atoms with Crippen molar-refractivity contribution in [3.05, 3.63) is 41.9 Å². The summed E-state index contributed by atoms with van der Waals surface area (Å²) in [5, 5.41) is 6.29. The van der Waals surface area contributed by atoms with Gasteiger partial charge in [-0.1, -0.05) is 29.8 Å². The Hall–Kier alpha value is -1.98. The minimum atomic E-state index is -4.58. The second kappa shape index (κ2) is 4.12. The highest BCUT2D eigenvalue weighted by molar-refractivity contribution is 5.58. The van der Waals surface area contributed by atoms with Crippen LogP contribution in [0.25, 0.3) is 11.3 Å². The molecule has 0 fully saturated rings. The summed E-state index contributed by atoms with van der Waals surface area (Å²) in [6, 6.07) is 6.98. The van der Waals surface area contributed by atoms with Gasteiger partial charge in [0.15, 0.2) is 0 Å². The Balaban J connectivity index is 2.43. The zero-order chi connectivity index (χ0) is 12.5. The van der Waals surface area contributed by atoms with E-state index >= 15 is 0 Å². The van der Waals surface area contributed by atoms with Crippen LogP contribution in [0.3, 0.4) is 0 Å². The summed E-state index contributed by atoms with van der Waals surface area (Å²) in [7, 11) is 0. The number of halogens is 3. The average Bonchev–Trinajstić information content (AvgIpc) is 2.29. The molecule has 0 unspecified atom stereocenters. The van der Waals surface area contributed by atoms with Gasteiger partial charge in [0.1, 0.15) is 0 Å². The fourth-order valence-electron chi connectivity index (χ4n) is 1.29. The predicted molar refractivity (Wildman–Crippen MR) is 55.0 cm³/mol. The van der Waals surface area contributed by atoms with Crippen LogP contribution in [0, 0.1) is 6.92 Å². The third-order valence-electron chi connectivity index (χ3n) is 2.16. The second-order valence-corrected chi connectivity index (χ2v) is 3.53. The minimum Gasteiger partial charge on any atom is -0.221 e. The molecule has 2 rings (SSSR count). The molecule has 0 atom stereocenters. The first-order valence-electron chi connectivity index (χ1n) is 4.81. The molecule has 0 amide bonds. The van der Waals surface area contributed by atoms with Gasteiger partial charge in [0.2, 0.25) is 0 Å². The van der Waals surface area contributed by atoms with E-state index in [0.29, 0.717) is 5.56 Å². The number of aromatic nitrogens is 3. The fourth-order valence-corrected chi connectivity index (χ4v) is 1.29. The third kappa shape index (κ3) is 2.58. The Labute approximate surface area is 95.3 Å². The van der Waals surface area contributed by atoms with Crippen LogP contribution in [0.15, 0.2) is 30.5 Å². The molecule has 1 heterocycles. The van der Waals surface area contributed by atoms with Crippen LogP contribution < -0.4 is 0 Å². The van der Waals surface area contributed by atoms with Gasteiger partial charge >= 0.3 is 6.18 Å². The monoisotopic (exact) mass is 239 g/mol. The number of rotatable bonds is 1. The average molecular weight is 239 g/mol. The summed E-state index contributed by atoms with van der Waals surface area (Å²) < 4.78 is 37.1. The molecule has 0 aliphatic rings. The molecule has 0 spiro atoms. The molecule has 0 bridgehead atoms. The van der Waals surface area contributed by atoms with E-state index < -0.39 is 12.0 Å². The normalized spacial score (nSPS) is 11.5. The van der Waals surface area contributed by atoms with Gasteiger partial charge in [0.05, 0.1) is 11.9 Å². The lowest BCUT2D eigenvalue weighted by atomic mass is 10.1. The quantitative estimate of drug-likeness (QED) is 0.768. The van der Waals surface area contributed by atoms with Gasteiger partial charge in [0.25, 0.3) is 5.82 Å². The number of aryl methyl sites for hydroxylation is 1. The van der Waals surface area contributed by atoms with E-state index in [1.165, 1.54) is 6.20 Å². The highest BCUT2D eigenvalue weighted by atomic mass is 19.4. The lowest BCUT2D eigenvalue weighted by Crippen LogP contribution is -2.12. The zero-order valence-corrected chi connectivity index (χ0v) is 8.86. The van der Waals surface area contributed by atoms with Gasteiger partial charge in [-0.3, -0.25) is 0 Å². The van der Waals surface area contributed by atoms with Crippen LogP contribution in [0.5, 0.6) is 0 Å². The molecule has 1 aromatic heterocycles. The maximum Gasteiger partial charge on any atom is 0.453 e. The Morgan fingerprint density at radius 2 is 1.71 bits per heavy atom. The van der Waals surface area contributed by atoms with Crippen LogP contribution in [0.1, 0.15) is 11.4 Å². The molecule has 0 aliphatic carbocycles. The molecule has 1 aromatic carbocycles. The molecule has 6 heteroatoms. The number of hydrogen-bond acceptors (Lipinski definition) is 3. The summed E-state index contributed by atoms with van der Waals surface area (Å²) in [6.07, 6.45) is -3.37. The van der Waals surface area contributed by atoms with Crippen LogP contribution >= 0.6 is 0 Å². The Bertz CT molecular complexity index is 520. The standard InChI is InChI=1S/C11H8F3N3/c1-7-2-4-8(5-3-7)9-6-15-17-10(16-9)11(12,13)14/h2-6H,1H3. The minimum absolute atomic E-state index is 0.160. The second-order valence-electron chi connectivity index (χ2n) is 3.53. The van der Waals surface area contributed by atoms with E-state index in [0.717, 1.165) is 5.56 Å². The molecule has 88 valence electrons. The van der Waals surface area contributed by atoms with Crippen molar-refractivity contribution in [3.8, 4) is 11.3 Å². The number of nitrogens with zero attached hydrogens (tertiary/aromatic N) is 3. The van der Waals surface area contributed by atoms with E-state index in [2.05, 4.69) is 15.2 Å².